The molecule has 1 heterocycles. The molecule has 0 aliphatic heterocycles. The van der Waals surface area contributed by atoms with Gasteiger partial charge >= 0.3 is 6.09 Å². The average molecular weight is 495 g/mol. The van der Waals surface area contributed by atoms with E-state index in [1.807, 2.05) is 0 Å². The van der Waals surface area contributed by atoms with Crippen LogP contribution in [0.5, 0.6) is 5.75 Å². The number of hydrogen-bond acceptors (Lipinski definition) is 6. The number of nitrogens with zero attached hydrogens (tertiary/aromatic N) is 1. The molecule has 8 nitrogen and oxygen atoms in total. The second-order valence-electron chi connectivity index (χ2n) is 8.63. The Labute approximate surface area is 201 Å². The third-order valence-corrected chi connectivity index (χ3v) is 4.55. The number of Topliss-reactive ketones (excluding diaryl/α,β-unsaturated/α-hetero) is 1. The first kappa shape index (κ1) is 27.6. The molecule has 11 heteroatoms. The molecule has 2 aromatic rings. The first-order valence-electron chi connectivity index (χ1n) is 10.9. The Morgan fingerprint density at radius 1 is 1.03 bits per heavy atom. The lowest BCUT2D eigenvalue weighted by Gasteiger charge is -2.20. The van der Waals surface area contributed by atoms with Gasteiger partial charge in [-0.15, -0.1) is 0 Å². The molecule has 0 aliphatic rings. The highest BCUT2D eigenvalue weighted by Crippen LogP contribution is 2.21. The van der Waals surface area contributed by atoms with Gasteiger partial charge in [0.1, 0.15) is 12.2 Å². The summed E-state index contributed by atoms with van der Waals surface area (Å²) in [5.41, 5.74) is -0.615. The Hall–Kier alpha value is -3.63. The number of carbonyl (C=O) groups is 3. The summed E-state index contributed by atoms with van der Waals surface area (Å²) in [7, 11) is 0. The molecule has 2 amide bonds. The Kier molecular flexibility index (Phi) is 10.0. The highest BCUT2D eigenvalue weighted by molar-refractivity contribution is 5.98. The Morgan fingerprint density at radius 3 is 2.31 bits per heavy atom. The number of aromatic nitrogens is 1. The summed E-state index contributed by atoms with van der Waals surface area (Å²) in [5.74, 6) is -4.72. The van der Waals surface area contributed by atoms with Crippen LogP contribution in [0.3, 0.4) is 0 Å². The molecule has 0 fully saturated rings. The van der Waals surface area contributed by atoms with Gasteiger partial charge in [-0.2, -0.15) is 4.39 Å². The number of pyridine rings is 1. The van der Waals surface area contributed by atoms with Crippen molar-refractivity contribution in [1.82, 2.24) is 15.6 Å². The molecule has 0 bridgehead atoms. The fourth-order valence-electron chi connectivity index (χ4n) is 2.91. The molecule has 190 valence electrons. The highest BCUT2D eigenvalue weighted by Gasteiger charge is 2.23. The molecule has 2 rings (SSSR count). The lowest BCUT2D eigenvalue weighted by atomic mass is 10.0. The average Bonchev–Trinajstić information content (AvgIpc) is 2.76. The summed E-state index contributed by atoms with van der Waals surface area (Å²) in [5, 5.41) is 5.11. The quantitative estimate of drug-likeness (QED) is 0.361. The molecule has 1 unspecified atom stereocenters. The van der Waals surface area contributed by atoms with Crippen LogP contribution in [0.1, 0.15) is 50.4 Å². The SMILES string of the molecule is CC(C)(C)OC(=O)NCCCCC(NC(=O)c1ccc(F)nc1)C(=O)COc1c(F)cccc1F. The smallest absolute Gasteiger partial charge is 0.407 e. The topological polar surface area (TPSA) is 107 Å². The van der Waals surface area contributed by atoms with Crippen LogP contribution in [0, 0.1) is 17.6 Å². The van der Waals surface area contributed by atoms with Crippen LogP contribution in [0.25, 0.3) is 0 Å². The van der Waals surface area contributed by atoms with Crippen molar-refractivity contribution in [2.75, 3.05) is 13.2 Å². The lowest BCUT2D eigenvalue weighted by molar-refractivity contribution is -0.123. The van der Waals surface area contributed by atoms with Gasteiger partial charge in [-0.05, 0) is 64.3 Å². The van der Waals surface area contributed by atoms with Crippen LogP contribution in [0.15, 0.2) is 36.5 Å². The zero-order chi connectivity index (χ0) is 26.0. The van der Waals surface area contributed by atoms with Crippen molar-refractivity contribution in [3.8, 4) is 5.75 Å². The second kappa shape index (κ2) is 12.7. The van der Waals surface area contributed by atoms with E-state index >= 15 is 0 Å². The maximum absolute atomic E-state index is 13.8. The molecule has 35 heavy (non-hydrogen) atoms. The van der Waals surface area contributed by atoms with Crippen molar-refractivity contribution in [2.45, 2.75) is 51.7 Å². The normalized spacial score (nSPS) is 11.9. The van der Waals surface area contributed by atoms with E-state index in [4.69, 9.17) is 9.47 Å². The van der Waals surface area contributed by atoms with E-state index < -0.39 is 59.4 Å². The fraction of sp³-hybridized carbons (Fsp3) is 0.417. The van der Waals surface area contributed by atoms with Crippen molar-refractivity contribution < 1.29 is 37.0 Å². The zero-order valence-corrected chi connectivity index (χ0v) is 19.7. The fourth-order valence-corrected chi connectivity index (χ4v) is 2.91. The molecule has 1 aromatic heterocycles. The van der Waals surface area contributed by atoms with Gasteiger partial charge in [0.25, 0.3) is 5.91 Å². The minimum absolute atomic E-state index is 0.0249. The third-order valence-electron chi connectivity index (χ3n) is 4.55. The highest BCUT2D eigenvalue weighted by atomic mass is 19.1. The lowest BCUT2D eigenvalue weighted by Crippen LogP contribution is -2.43. The number of ether oxygens (including phenoxy) is 2. The summed E-state index contributed by atoms with van der Waals surface area (Å²) in [6.45, 7) is 4.77. The van der Waals surface area contributed by atoms with Crippen molar-refractivity contribution in [2.24, 2.45) is 0 Å². The van der Waals surface area contributed by atoms with Gasteiger partial charge < -0.3 is 20.1 Å². The van der Waals surface area contributed by atoms with Gasteiger partial charge in [-0.3, -0.25) is 9.59 Å². The number of ketones is 1. The van der Waals surface area contributed by atoms with E-state index in [9.17, 15) is 27.6 Å². The van der Waals surface area contributed by atoms with Gasteiger partial charge in [-0.25, -0.2) is 18.6 Å². The van der Waals surface area contributed by atoms with Gasteiger partial charge in [0.05, 0.1) is 11.6 Å². The van der Waals surface area contributed by atoms with E-state index in [1.165, 1.54) is 6.07 Å². The maximum Gasteiger partial charge on any atom is 0.407 e. The Balaban J connectivity index is 1.97. The van der Waals surface area contributed by atoms with Crippen molar-refractivity contribution in [3.05, 3.63) is 59.7 Å². The first-order valence-corrected chi connectivity index (χ1v) is 10.9. The number of para-hydroxylation sites is 1. The van der Waals surface area contributed by atoms with Crippen LogP contribution in [-0.2, 0) is 9.53 Å². The number of nitrogens with one attached hydrogen (secondary N) is 2. The van der Waals surface area contributed by atoms with Crippen LogP contribution in [0.2, 0.25) is 0 Å². The van der Waals surface area contributed by atoms with Crippen molar-refractivity contribution in [1.29, 1.82) is 0 Å². The van der Waals surface area contributed by atoms with Crippen LogP contribution in [0.4, 0.5) is 18.0 Å². The number of carbonyl (C=O) groups excluding carboxylic acids is 3. The number of alkyl carbamates (subject to hydrolysis) is 1. The van der Waals surface area contributed by atoms with Gasteiger partial charge in [0, 0.05) is 12.7 Å². The molecule has 0 radical (unpaired) electrons. The standard InChI is InChI=1S/C24H28F3N3O5/c1-24(2,3)35-23(33)28-12-5-4-9-18(30-22(32)15-10-11-20(27)29-13-15)19(31)14-34-21-16(25)7-6-8-17(21)26/h6-8,10-11,13,18H,4-5,9,12,14H2,1-3H3,(H,28,33)(H,30,32). The molecular formula is C24H28F3N3O5. The predicted octanol–water partition coefficient (Wildman–Crippen LogP) is 3.94. The van der Waals surface area contributed by atoms with Crippen LogP contribution < -0.4 is 15.4 Å². The van der Waals surface area contributed by atoms with E-state index in [1.54, 1.807) is 20.8 Å². The van der Waals surface area contributed by atoms with E-state index in [2.05, 4.69) is 15.6 Å². The van der Waals surface area contributed by atoms with Crippen LogP contribution >= 0.6 is 0 Å². The molecule has 0 saturated carbocycles. The van der Waals surface area contributed by atoms with Crippen LogP contribution in [-0.4, -0.2) is 47.6 Å². The Bertz CT molecular complexity index is 1010. The van der Waals surface area contributed by atoms with E-state index in [-0.39, 0.29) is 18.5 Å². The monoisotopic (exact) mass is 495 g/mol. The van der Waals surface area contributed by atoms with Gasteiger partial charge in [0.2, 0.25) is 5.95 Å². The summed E-state index contributed by atoms with van der Waals surface area (Å²) in [4.78, 5) is 40.4. The molecule has 0 aliphatic carbocycles. The molecule has 1 aromatic carbocycles. The van der Waals surface area contributed by atoms with E-state index in [0.717, 1.165) is 30.5 Å². The van der Waals surface area contributed by atoms with Crippen molar-refractivity contribution >= 4 is 17.8 Å². The molecule has 1 atom stereocenters. The number of halogens is 3. The minimum atomic E-state index is -1.07. The summed E-state index contributed by atoms with van der Waals surface area (Å²) >= 11 is 0. The van der Waals surface area contributed by atoms with Crippen molar-refractivity contribution in [3.63, 3.8) is 0 Å². The van der Waals surface area contributed by atoms with E-state index in [0.29, 0.717) is 12.8 Å². The minimum Gasteiger partial charge on any atom is -0.480 e. The summed E-state index contributed by atoms with van der Waals surface area (Å²) in [6.07, 6.45) is 1.45. The Morgan fingerprint density at radius 2 is 1.71 bits per heavy atom. The van der Waals surface area contributed by atoms with Gasteiger partial charge in [-0.1, -0.05) is 6.07 Å². The zero-order valence-electron chi connectivity index (χ0n) is 19.7. The predicted molar refractivity (Wildman–Crippen MR) is 120 cm³/mol. The number of rotatable bonds is 11. The molecule has 0 spiro atoms. The summed E-state index contributed by atoms with van der Waals surface area (Å²) in [6, 6.07) is 4.27. The third kappa shape index (κ3) is 9.63. The molecule has 0 saturated heterocycles. The largest absolute Gasteiger partial charge is 0.480 e. The number of benzene rings is 1. The first-order chi connectivity index (χ1) is 16.5. The number of amides is 2. The van der Waals surface area contributed by atoms with Gasteiger partial charge in [0.15, 0.2) is 23.2 Å². The maximum atomic E-state index is 13.8. The number of hydrogen-bond donors (Lipinski definition) is 2. The molecule has 2 N–H and O–H groups in total. The second-order valence-corrected chi connectivity index (χ2v) is 8.63. The molecular weight excluding hydrogens is 467 g/mol. The summed E-state index contributed by atoms with van der Waals surface area (Å²) < 4.78 is 50.8. The number of unbranched alkanes of at least 4 members (excludes halogenated alkanes) is 1.